The van der Waals surface area contributed by atoms with Gasteiger partial charge in [0.1, 0.15) is 11.6 Å². The molecule has 0 atom stereocenters. The molecule has 3 aromatic rings. The van der Waals surface area contributed by atoms with Crippen molar-refractivity contribution in [2.24, 2.45) is 5.92 Å². The van der Waals surface area contributed by atoms with Crippen LogP contribution in [-0.4, -0.2) is 25.7 Å². The molecule has 5 rings (SSSR count). The molecule has 0 bridgehead atoms. The molecule has 0 radical (unpaired) electrons. The number of benzene rings is 1. The number of nitrogens with one attached hydrogen (secondary N) is 1. The number of hydrogen-bond donors (Lipinski definition) is 1. The molecule has 2 heterocycles. The smallest absolute Gasteiger partial charge is 0.308 e. The molecule has 0 unspecified atom stereocenters. The number of alkyl halides is 3. The number of fused-ring (bicyclic) bond motifs is 1. The molecule has 158 valence electrons. The van der Waals surface area contributed by atoms with Gasteiger partial charge in [-0.2, -0.15) is 13.2 Å². The van der Waals surface area contributed by atoms with E-state index >= 15 is 0 Å². The van der Waals surface area contributed by atoms with Crippen molar-refractivity contribution in [2.45, 2.75) is 56.7 Å². The maximum atomic E-state index is 13.0. The highest BCUT2D eigenvalue weighted by Crippen LogP contribution is 2.43. The first kappa shape index (κ1) is 19.6. The van der Waals surface area contributed by atoms with Crippen LogP contribution in [0.3, 0.4) is 0 Å². The lowest BCUT2D eigenvalue weighted by Gasteiger charge is -2.29. The van der Waals surface area contributed by atoms with Gasteiger partial charge in [-0.05, 0) is 62.8 Å². The number of aromatic amines is 1. The minimum atomic E-state index is -4.16. The Balaban J connectivity index is 1.55. The zero-order chi connectivity index (χ0) is 21.0. The molecule has 0 amide bonds. The first-order chi connectivity index (χ1) is 14.3. The van der Waals surface area contributed by atoms with Crippen molar-refractivity contribution in [1.82, 2.24) is 19.5 Å². The minimum absolute atomic E-state index is 0.0633. The van der Waals surface area contributed by atoms with Gasteiger partial charge in [0.05, 0.1) is 5.92 Å². The van der Waals surface area contributed by atoms with E-state index < -0.39 is 12.1 Å². The molecule has 2 aliphatic rings. The van der Waals surface area contributed by atoms with Gasteiger partial charge in [0.25, 0.3) is 5.56 Å². The van der Waals surface area contributed by atoms with Crippen molar-refractivity contribution in [3.63, 3.8) is 0 Å². The molecule has 2 aromatic heterocycles. The van der Waals surface area contributed by atoms with Crippen LogP contribution < -0.4 is 5.56 Å². The minimum Gasteiger partial charge on any atom is -0.308 e. The molecule has 1 aromatic carbocycles. The van der Waals surface area contributed by atoms with Gasteiger partial charge in [-0.15, -0.1) is 0 Å². The molecule has 0 saturated heterocycles. The molecular weight excluding hydrogens is 417 g/mol. The summed E-state index contributed by atoms with van der Waals surface area (Å²) in [5.41, 5.74) is 1.28. The van der Waals surface area contributed by atoms with Crippen molar-refractivity contribution >= 4 is 22.8 Å². The van der Waals surface area contributed by atoms with E-state index in [2.05, 4.69) is 9.97 Å². The summed E-state index contributed by atoms with van der Waals surface area (Å²) in [5.74, 6) is -0.308. The Kier molecular flexibility index (Phi) is 4.65. The largest absolute Gasteiger partial charge is 0.391 e. The number of nitrogens with zero attached hydrogens (tertiary/aromatic N) is 3. The van der Waals surface area contributed by atoms with Crippen molar-refractivity contribution in [3.05, 3.63) is 45.5 Å². The monoisotopic (exact) mass is 436 g/mol. The molecule has 5 nitrogen and oxygen atoms in total. The third-order valence-electron chi connectivity index (χ3n) is 6.16. The highest BCUT2D eigenvalue weighted by atomic mass is 35.5. The Morgan fingerprint density at radius 3 is 2.27 bits per heavy atom. The fraction of sp³-hybridized carbons (Fsp3) is 0.476. The van der Waals surface area contributed by atoms with Crippen molar-refractivity contribution in [1.29, 1.82) is 0 Å². The van der Waals surface area contributed by atoms with Gasteiger partial charge in [0.15, 0.2) is 11.2 Å². The lowest BCUT2D eigenvalue weighted by Crippen LogP contribution is -2.28. The van der Waals surface area contributed by atoms with Crippen molar-refractivity contribution in [3.8, 4) is 11.4 Å². The molecule has 2 saturated carbocycles. The second-order valence-electron chi connectivity index (χ2n) is 8.26. The number of H-pyrrole nitrogens is 1. The zero-order valence-corrected chi connectivity index (χ0v) is 16.8. The molecular formula is C21H20ClF3N4O. The summed E-state index contributed by atoms with van der Waals surface area (Å²) in [6.07, 6.45) is -1.35. The molecule has 1 N–H and O–H groups in total. The number of hydrogen-bond acceptors (Lipinski definition) is 3. The van der Waals surface area contributed by atoms with Crippen LogP contribution in [0.4, 0.5) is 13.2 Å². The molecule has 30 heavy (non-hydrogen) atoms. The molecule has 2 aliphatic carbocycles. The summed E-state index contributed by atoms with van der Waals surface area (Å²) < 4.78 is 41.0. The van der Waals surface area contributed by atoms with Crippen LogP contribution in [0, 0.1) is 5.92 Å². The lowest BCUT2D eigenvalue weighted by atomic mass is 9.81. The third kappa shape index (κ3) is 3.51. The van der Waals surface area contributed by atoms with Gasteiger partial charge >= 0.3 is 6.18 Å². The first-order valence-electron chi connectivity index (χ1n) is 10.2. The van der Waals surface area contributed by atoms with Gasteiger partial charge in [-0.25, -0.2) is 9.97 Å². The summed E-state index contributed by atoms with van der Waals surface area (Å²) in [6, 6.07) is 7.49. The summed E-state index contributed by atoms with van der Waals surface area (Å²) in [5, 5.41) is 0.612. The normalized spacial score (nSPS) is 22.5. The third-order valence-corrected chi connectivity index (χ3v) is 6.41. The van der Waals surface area contributed by atoms with E-state index in [1.807, 2.05) is 16.7 Å². The molecule has 0 aliphatic heterocycles. The zero-order valence-electron chi connectivity index (χ0n) is 16.0. The maximum Gasteiger partial charge on any atom is 0.391 e. The predicted octanol–water partition coefficient (Wildman–Crippen LogP) is 5.61. The summed E-state index contributed by atoms with van der Waals surface area (Å²) in [7, 11) is 0. The van der Waals surface area contributed by atoms with Gasteiger partial charge in [-0.1, -0.05) is 11.6 Å². The molecule has 0 spiro atoms. The van der Waals surface area contributed by atoms with Gasteiger partial charge in [-0.3, -0.25) is 4.79 Å². The van der Waals surface area contributed by atoms with E-state index in [0.717, 1.165) is 18.4 Å². The fourth-order valence-electron chi connectivity index (χ4n) is 4.37. The van der Waals surface area contributed by atoms with Crippen LogP contribution >= 0.6 is 11.6 Å². The standard InChI is InChI=1S/C21H20ClF3N4O/c22-14-7-3-12(4-8-14)18-26-16-19(29(18)15-9-10-15)27-17(28-20(16)30)11-1-5-13(6-2-11)21(23,24)25/h3-4,7-8,11,13,15H,1-2,5-6,9-10H2,(H,27,28,30). The summed E-state index contributed by atoms with van der Waals surface area (Å²) in [6.45, 7) is 0. The number of imidazole rings is 1. The van der Waals surface area contributed by atoms with Crippen LogP contribution in [0.1, 0.15) is 56.3 Å². The van der Waals surface area contributed by atoms with Crippen molar-refractivity contribution in [2.75, 3.05) is 0 Å². The van der Waals surface area contributed by atoms with Crippen LogP contribution in [0.2, 0.25) is 5.02 Å². The lowest BCUT2D eigenvalue weighted by molar-refractivity contribution is -0.182. The van der Waals surface area contributed by atoms with Gasteiger partial charge in [0.2, 0.25) is 0 Å². The van der Waals surface area contributed by atoms with Crippen LogP contribution in [0.5, 0.6) is 0 Å². The maximum absolute atomic E-state index is 13.0. The predicted molar refractivity (Wildman–Crippen MR) is 108 cm³/mol. The first-order valence-corrected chi connectivity index (χ1v) is 10.5. The fourth-order valence-corrected chi connectivity index (χ4v) is 4.50. The van der Waals surface area contributed by atoms with E-state index in [-0.39, 0.29) is 35.9 Å². The Morgan fingerprint density at radius 2 is 1.67 bits per heavy atom. The Hall–Kier alpha value is -2.35. The number of halogens is 4. The molecule has 9 heteroatoms. The topological polar surface area (TPSA) is 63.6 Å². The Morgan fingerprint density at radius 1 is 1.00 bits per heavy atom. The van der Waals surface area contributed by atoms with Crippen LogP contribution in [0.15, 0.2) is 29.1 Å². The van der Waals surface area contributed by atoms with E-state index in [0.29, 0.717) is 35.2 Å². The van der Waals surface area contributed by atoms with Gasteiger partial charge < -0.3 is 9.55 Å². The second-order valence-corrected chi connectivity index (χ2v) is 8.69. The van der Waals surface area contributed by atoms with Gasteiger partial charge in [0, 0.05) is 22.5 Å². The highest BCUT2D eigenvalue weighted by Gasteiger charge is 2.42. The van der Waals surface area contributed by atoms with Crippen molar-refractivity contribution < 1.29 is 13.2 Å². The second kappa shape index (κ2) is 7.11. The summed E-state index contributed by atoms with van der Waals surface area (Å²) in [4.78, 5) is 24.9. The number of rotatable bonds is 3. The van der Waals surface area contributed by atoms with E-state index in [1.54, 1.807) is 12.1 Å². The highest BCUT2D eigenvalue weighted by molar-refractivity contribution is 6.30. The average Bonchev–Trinajstić information content (AvgIpc) is 3.48. The van der Waals surface area contributed by atoms with E-state index in [9.17, 15) is 18.0 Å². The number of aromatic nitrogens is 4. The average molecular weight is 437 g/mol. The quantitative estimate of drug-likeness (QED) is 0.580. The Labute approximate surface area is 175 Å². The summed E-state index contributed by atoms with van der Waals surface area (Å²) >= 11 is 6.00. The van der Waals surface area contributed by atoms with E-state index in [1.165, 1.54) is 0 Å². The van der Waals surface area contributed by atoms with Crippen LogP contribution in [-0.2, 0) is 0 Å². The molecule has 2 fully saturated rings. The Bertz CT molecular complexity index is 1140. The van der Waals surface area contributed by atoms with E-state index in [4.69, 9.17) is 16.6 Å². The SMILES string of the molecule is O=c1[nH]c(C2CCC(C(F)(F)F)CC2)nc2c1nc(-c1ccc(Cl)cc1)n2C1CC1. The van der Waals surface area contributed by atoms with Crippen LogP contribution in [0.25, 0.3) is 22.6 Å².